The normalized spacial score (nSPS) is 15.7. The molecule has 0 radical (unpaired) electrons. The Balaban J connectivity index is 1.69. The number of benzene rings is 3. The van der Waals surface area contributed by atoms with Gasteiger partial charge in [-0.2, -0.15) is 0 Å². The van der Waals surface area contributed by atoms with Gasteiger partial charge >= 0.3 is 0 Å². The lowest BCUT2D eigenvalue weighted by atomic mass is 9.96. The van der Waals surface area contributed by atoms with Crippen LogP contribution in [0.2, 0.25) is 0 Å². The molecule has 6 heteroatoms. The van der Waals surface area contributed by atoms with Crippen LogP contribution in [0.4, 0.5) is 0 Å². The van der Waals surface area contributed by atoms with Gasteiger partial charge in [-0.15, -0.1) is 10.2 Å². The van der Waals surface area contributed by atoms with Gasteiger partial charge in [0.1, 0.15) is 12.3 Å². The average Bonchev–Trinajstić information content (AvgIpc) is 3.15. The number of carbonyl (C=O) groups is 1. The summed E-state index contributed by atoms with van der Waals surface area (Å²) in [7, 11) is 0. The summed E-state index contributed by atoms with van der Waals surface area (Å²) in [5.74, 6) is 0. The van der Waals surface area contributed by atoms with Crippen molar-refractivity contribution in [2.24, 2.45) is 10.2 Å². The van der Waals surface area contributed by atoms with Gasteiger partial charge in [-0.05, 0) is 17.2 Å². The Morgan fingerprint density at radius 1 is 0.806 bits per heavy atom. The Bertz CT molecular complexity index is 1450. The van der Waals surface area contributed by atoms with Crippen molar-refractivity contribution in [3.05, 3.63) is 127 Å². The number of fused-ring (bicyclic) bond motifs is 1. The van der Waals surface area contributed by atoms with Crippen molar-refractivity contribution in [1.29, 1.82) is 0 Å². The third-order valence-corrected chi connectivity index (χ3v) is 6.13. The quantitative estimate of drug-likeness (QED) is 0.473. The van der Waals surface area contributed by atoms with Crippen LogP contribution in [0.1, 0.15) is 33.1 Å². The first-order chi connectivity index (χ1) is 15.2. The van der Waals surface area contributed by atoms with Crippen molar-refractivity contribution >= 4 is 29.4 Å². The third-order valence-electron chi connectivity index (χ3n) is 5.15. The van der Waals surface area contributed by atoms with E-state index in [0.29, 0.717) is 14.9 Å². The summed E-state index contributed by atoms with van der Waals surface area (Å²) in [6, 6.07) is 26.5. The van der Waals surface area contributed by atoms with Gasteiger partial charge in [0.15, 0.2) is 0 Å². The molecule has 0 unspecified atom stereocenters. The van der Waals surface area contributed by atoms with Crippen LogP contribution >= 0.6 is 11.3 Å². The zero-order valence-corrected chi connectivity index (χ0v) is 17.2. The molecular weight excluding hydrogens is 406 g/mol. The predicted octanol–water partition coefficient (Wildman–Crippen LogP) is 3.18. The van der Waals surface area contributed by atoms with E-state index in [4.69, 9.17) is 0 Å². The average molecular weight is 423 g/mol. The van der Waals surface area contributed by atoms with E-state index in [1.165, 1.54) is 11.3 Å². The lowest BCUT2D eigenvalue weighted by Gasteiger charge is -2.22. The molecule has 0 aliphatic carbocycles. The third kappa shape index (κ3) is 3.58. The van der Waals surface area contributed by atoms with Gasteiger partial charge in [-0.3, -0.25) is 14.2 Å². The summed E-state index contributed by atoms with van der Waals surface area (Å²) < 4.78 is 2.30. The molecule has 0 fully saturated rings. The molecule has 1 aliphatic heterocycles. The molecule has 5 nitrogen and oxygen atoms in total. The summed E-state index contributed by atoms with van der Waals surface area (Å²) in [5, 5.41) is 8.90. The molecular formula is C25H17N3O2S. The molecule has 0 bridgehead atoms. The highest BCUT2D eigenvalue weighted by atomic mass is 32.1. The van der Waals surface area contributed by atoms with E-state index in [9.17, 15) is 9.59 Å². The van der Waals surface area contributed by atoms with Crippen LogP contribution in [-0.4, -0.2) is 16.6 Å². The van der Waals surface area contributed by atoms with Gasteiger partial charge < -0.3 is 0 Å². The maximum Gasteiger partial charge on any atom is 0.271 e. The molecule has 1 atom stereocenters. The highest BCUT2D eigenvalue weighted by Gasteiger charge is 2.28. The van der Waals surface area contributed by atoms with E-state index in [0.717, 1.165) is 28.7 Å². The zero-order chi connectivity index (χ0) is 21.2. The number of hydrogen-bond donors (Lipinski definition) is 0. The smallest absolute Gasteiger partial charge is 0.271 e. The molecule has 0 saturated heterocycles. The number of rotatable bonds is 4. The first kappa shape index (κ1) is 19.1. The topological polar surface area (TPSA) is 63.8 Å². The van der Waals surface area contributed by atoms with Gasteiger partial charge in [0, 0.05) is 11.1 Å². The molecule has 0 N–H and O–H groups in total. The highest BCUT2D eigenvalue weighted by Crippen LogP contribution is 2.23. The molecule has 1 aromatic heterocycles. The van der Waals surface area contributed by atoms with Crippen molar-refractivity contribution in [3.8, 4) is 0 Å². The van der Waals surface area contributed by atoms with Crippen LogP contribution in [0.15, 0.2) is 99.9 Å². The highest BCUT2D eigenvalue weighted by molar-refractivity contribution is 7.07. The second-order valence-corrected chi connectivity index (χ2v) is 8.13. The minimum atomic E-state index is -0.362. The molecule has 0 amide bonds. The van der Waals surface area contributed by atoms with Crippen LogP contribution in [0.5, 0.6) is 0 Å². The summed E-state index contributed by atoms with van der Waals surface area (Å²) in [5.41, 5.74) is 3.98. The van der Waals surface area contributed by atoms with Crippen molar-refractivity contribution in [3.63, 3.8) is 0 Å². The fourth-order valence-electron chi connectivity index (χ4n) is 3.65. The lowest BCUT2D eigenvalue weighted by molar-refractivity contribution is 0.112. The van der Waals surface area contributed by atoms with Gasteiger partial charge in [-0.25, -0.2) is 0 Å². The zero-order valence-electron chi connectivity index (χ0n) is 16.4. The van der Waals surface area contributed by atoms with Crippen molar-refractivity contribution < 1.29 is 4.79 Å². The number of nitrogens with zero attached hydrogens (tertiary/aromatic N) is 3. The Labute approximate surface area is 182 Å². The van der Waals surface area contributed by atoms with Crippen LogP contribution in [0.25, 0.3) is 6.08 Å². The number of thiazole rings is 1. The monoisotopic (exact) mass is 423 g/mol. The van der Waals surface area contributed by atoms with E-state index in [-0.39, 0.29) is 11.6 Å². The first-order valence-corrected chi connectivity index (χ1v) is 10.6. The molecule has 31 heavy (non-hydrogen) atoms. The summed E-state index contributed by atoms with van der Waals surface area (Å²) in [6.45, 7) is 0. The van der Waals surface area contributed by atoms with Gasteiger partial charge in [-0.1, -0.05) is 96.3 Å². The number of hydrogen-bond acceptors (Lipinski definition) is 5. The van der Waals surface area contributed by atoms with E-state index in [1.54, 1.807) is 16.7 Å². The van der Waals surface area contributed by atoms with Crippen LogP contribution in [0, 0.1) is 0 Å². The SMILES string of the molecule is O=Cc1ccc(/C=c2\sc3n(c2=O)[C@@H](c2ccccc2)C(c2ccccc2)=NN=3)cc1. The Morgan fingerprint density at radius 3 is 2.13 bits per heavy atom. The fraction of sp³-hybridized carbons (Fsp3) is 0.0400. The summed E-state index contributed by atoms with van der Waals surface area (Å²) in [6.07, 6.45) is 2.63. The van der Waals surface area contributed by atoms with Crippen molar-refractivity contribution in [2.75, 3.05) is 0 Å². The van der Waals surface area contributed by atoms with Crippen LogP contribution in [0.3, 0.4) is 0 Å². The van der Waals surface area contributed by atoms with Gasteiger partial charge in [0.05, 0.1) is 10.2 Å². The predicted molar refractivity (Wildman–Crippen MR) is 122 cm³/mol. The fourth-order valence-corrected chi connectivity index (χ4v) is 4.59. The Hall–Kier alpha value is -3.90. The summed E-state index contributed by atoms with van der Waals surface area (Å²) >= 11 is 1.31. The molecule has 3 aromatic carbocycles. The van der Waals surface area contributed by atoms with Gasteiger partial charge in [0.2, 0.25) is 4.80 Å². The van der Waals surface area contributed by atoms with Crippen LogP contribution in [-0.2, 0) is 0 Å². The molecule has 0 saturated carbocycles. The van der Waals surface area contributed by atoms with Crippen molar-refractivity contribution in [2.45, 2.75) is 6.04 Å². The van der Waals surface area contributed by atoms with E-state index in [2.05, 4.69) is 10.2 Å². The standard InChI is InChI=1S/C25H17N3O2S/c29-16-18-13-11-17(12-14-18)15-21-24(30)28-23(20-9-5-2-6-10-20)22(26-27-25(28)31-21)19-7-3-1-4-8-19/h1-16,23H/b21-15-/t23-/m0/s1. The number of carbonyl (C=O) groups excluding carboxylic acids is 1. The molecule has 5 rings (SSSR count). The largest absolute Gasteiger partial charge is 0.298 e. The second-order valence-electron chi connectivity index (χ2n) is 7.12. The summed E-state index contributed by atoms with van der Waals surface area (Å²) in [4.78, 5) is 24.9. The van der Waals surface area contributed by atoms with Gasteiger partial charge in [0.25, 0.3) is 5.56 Å². The Morgan fingerprint density at radius 2 is 1.45 bits per heavy atom. The maximum atomic E-state index is 13.5. The molecule has 1 aliphatic rings. The second kappa shape index (κ2) is 8.08. The molecule has 150 valence electrons. The Kier molecular flexibility index (Phi) is 4.98. The minimum Gasteiger partial charge on any atom is -0.298 e. The minimum absolute atomic E-state index is 0.111. The van der Waals surface area contributed by atoms with E-state index >= 15 is 0 Å². The lowest BCUT2D eigenvalue weighted by Crippen LogP contribution is -2.40. The molecule has 0 spiro atoms. The number of aromatic nitrogens is 1. The number of aldehydes is 1. The van der Waals surface area contributed by atoms with E-state index < -0.39 is 0 Å². The van der Waals surface area contributed by atoms with Crippen molar-refractivity contribution in [1.82, 2.24) is 4.57 Å². The molecule has 4 aromatic rings. The maximum absolute atomic E-state index is 13.5. The molecule has 2 heterocycles. The van der Waals surface area contributed by atoms with Crippen LogP contribution < -0.4 is 14.9 Å². The first-order valence-electron chi connectivity index (χ1n) is 9.79. The van der Waals surface area contributed by atoms with E-state index in [1.807, 2.05) is 78.9 Å².